The minimum absolute atomic E-state index is 0.0109. The number of hydrogen-bond donors (Lipinski definition) is 1. The minimum Gasteiger partial charge on any atom is -0.348 e. The van der Waals surface area contributed by atoms with E-state index >= 15 is 0 Å². The van der Waals surface area contributed by atoms with Gasteiger partial charge in [-0.1, -0.05) is 12.8 Å². The molecule has 0 aromatic carbocycles. The number of nitrogens with one attached hydrogen (secondary N) is 1. The Morgan fingerprint density at radius 1 is 1.29 bits per heavy atom. The Kier molecular flexibility index (Phi) is 7.82. The molecule has 17 heavy (non-hydrogen) atoms. The molecular formula is C12H21N3O2. The van der Waals surface area contributed by atoms with Crippen molar-refractivity contribution in [1.82, 2.24) is 15.1 Å². The molecule has 0 radical (unpaired) electrons. The summed E-state index contributed by atoms with van der Waals surface area (Å²) in [5, 5.41) is 2.58. The Bertz CT molecular complexity index is 295. The van der Waals surface area contributed by atoms with E-state index in [9.17, 15) is 9.59 Å². The van der Waals surface area contributed by atoms with Crippen LogP contribution in [0.3, 0.4) is 0 Å². The lowest BCUT2D eigenvalue weighted by Crippen LogP contribution is -2.43. The molecule has 5 nitrogen and oxygen atoms in total. The van der Waals surface area contributed by atoms with Gasteiger partial charge in [0.05, 0.1) is 19.6 Å². The van der Waals surface area contributed by atoms with Crippen molar-refractivity contribution in [2.45, 2.75) is 13.3 Å². The summed E-state index contributed by atoms with van der Waals surface area (Å²) < 4.78 is 0. The van der Waals surface area contributed by atoms with Crippen LogP contribution in [0.25, 0.3) is 0 Å². The van der Waals surface area contributed by atoms with Crippen LogP contribution in [0, 0.1) is 12.3 Å². The molecule has 0 saturated heterocycles. The van der Waals surface area contributed by atoms with Crippen molar-refractivity contribution >= 4 is 11.8 Å². The molecule has 1 N–H and O–H groups in total. The third-order valence-corrected chi connectivity index (χ3v) is 2.15. The van der Waals surface area contributed by atoms with Crippen molar-refractivity contribution in [2.75, 3.05) is 40.3 Å². The molecule has 0 unspecified atom stereocenters. The maximum Gasteiger partial charge on any atom is 0.236 e. The highest BCUT2D eigenvalue weighted by atomic mass is 16.2. The molecule has 0 aliphatic carbocycles. The van der Waals surface area contributed by atoms with Gasteiger partial charge in [-0.05, 0) is 13.0 Å². The summed E-state index contributed by atoms with van der Waals surface area (Å²) in [5.74, 6) is 2.18. The summed E-state index contributed by atoms with van der Waals surface area (Å²) in [6.45, 7) is 3.40. The van der Waals surface area contributed by atoms with Gasteiger partial charge in [-0.25, -0.2) is 0 Å². The Hall–Kier alpha value is -1.54. The summed E-state index contributed by atoms with van der Waals surface area (Å²) in [6.07, 6.45) is 5.94. The Morgan fingerprint density at radius 2 is 1.94 bits per heavy atom. The van der Waals surface area contributed by atoms with E-state index < -0.39 is 0 Å². The van der Waals surface area contributed by atoms with Gasteiger partial charge in [-0.3, -0.25) is 14.5 Å². The molecule has 0 aliphatic heterocycles. The van der Waals surface area contributed by atoms with Crippen molar-refractivity contribution < 1.29 is 9.59 Å². The Morgan fingerprint density at radius 3 is 2.41 bits per heavy atom. The predicted octanol–water partition coefficient (Wildman–Crippen LogP) is -0.464. The van der Waals surface area contributed by atoms with Crippen LogP contribution in [0.15, 0.2) is 0 Å². The van der Waals surface area contributed by atoms with Crippen molar-refractivity contribution in [3.05, 3.63) is 0 Å². The molecule has 0 heterocycles. The van der Waals surface area contributed by atoms with Crippen LogP contribution >= 0.6 is 0 Å². The molecule has 0 aromatic heterocycles. The molecular weight excluding hydrogens is 218 g/mol. The van der Waals surface area contributed by atoms with E-state index in [1.807, 2.05) is 11.8 Å². The highest BCUT2D eigenvalue weighted by molar-refractivity contribution is 5.81. The first-order chi connectivity index (χ1) is 8.01. The molecule has 0 bridgehead atoms. The topological polar surface area (TPSA) is 52.7 Å². The predicted molar refractivity (Wildman–Crippen MR) is 67.3 cm³/mol. The van der Waals surface area contributed by atoms with Gasteiger partial charge in [-0.15, -0.1) is 6.42 Å². The van der Waals surface area contributed by atoms with Crippen LogP contribution in [-0.2, 0) is 9.59 Å². The van der Waals surface area contributed by atoms with Crippen LogP contribution in [-0.4, -0.2) is 61.9 Å². The standard InChI is InChI=1S/C12H21N3O2/c1-5-7-13-11(16)9-15(8-6-2)10-12(17)14(3)4/h1H,6-10H2,2-4H3,(H,13,16). The lowest BCUT2D eigenvalue weighted by Gasteiger charge is -2.22. The second-order valence-electron chi connectivity index (χ2n) is 3.98. The van der Waals surface area contributed by atoms with Crippen LogP contribution < -0.4 is 5.32 Å². The quantitative estimate of drug-likeness (QED) is 0.611. The van der Waals surface area contributed by atoms with Crippen molar-refractivity contribution in [1.29, 1.82) is 0 Å². The van der Waals surface area contributed by atoms with Gasteiger partial charge >= 0.3 is 0 Å². The number of nitrogens with zero attached hydrogens (tertiary/aromatic N) is 2. The molecule has 0 aromatic rings. The molecule has 0 rings (SSSR count). The van der Waals surface area contributed by atoms with Crippen LogP contribution in [0.4, 0.5) is 0 Å². The van der Waals surface area contributed by atoms with Gasteiger partial charge in [0.25, 0.3) is 0 Å². The van der Waals surface area contributed by atoms with Crippen molar-refractivity contribution in [3.8, 4) is 12.3 Å². The second-order valence-corrected chi connectivity index (χ2v) is 3.98. The van der Waals surface area contributed by atoms with Gasteiger partial charge in [0.15, 0.2) is 0 Å². The van der Waals surface area contributed by atoms with Crippen molar-refractivity contribution in [2.24, 2.45) is 0 Å². The van der Waals surface area contributed by atoms with E-state index in [0.717, 1.165) is 6.42 Å². The first-order valence-electron chi connectivity index (χ1n) is 5.63. The smallest absolute Gasteiger partial charge is 0.236 e. The van der Waals surface area contributed by atoms with E-state index in [1.54, 1.807) is 14.1 Å². The fourth-order valence-corrected chi connectivity index (χ4v) is 1.27. The SMILES string of the molecule is C#CCNC(=O)CN(CCC)CC(=O)N(C)C. The fourth-order valence-electron chi connectivity index (χ4n) is 1.27. The van der Waals surface area contributed by atoms with Crippen LogP contribution in [0.2, 0.25) is 0 Å². The molecule has 2 amide bonds. The number of amides is 2. The zero-order valence-electron chi connectivity index (χ0n) is 10.8. The summed E-state index contributed by atoms with van der Waals surface area (Å²) in [4.78, 5) is 26.3. The van der Waals surface area contributed by atoms with Gasteiger partial charge < -0.3 is 10.2 Å². The lowest BCUT2D eigenvalue weighted by atomic mass is 10.3. The average molecular weight is 239 g/mol. The van der Waals surface area contributed by atoms with E-state index in [2.05, 4.69) is 11.2 Å². The fraction of sp³-hybridized carbons (Fsp3) is 0.667. The first-order valence-corrected chi connectivity index (χ1v) is 5.63. The highest BCUT2D eigenvalue weighted by Gasteiger charge is 2.14. The second kappa shape index (κ2) is 8.59. The van der Waals surface area contributed by atoms with Gasteiger partial charge in [0, 0.05) is 14.1 Å². The van der Waals surface area contributed by atoms with E-state index in [0.29, 0.717) is 6.54 Å². The zero-order valence-corrected chi connectivity index (χ0v) is 10.8. The highest BCUT2D eigenvalue weighted by Crippen LogP contribution is 1.93. The van der Waals surface area contributed by atoms with E-state index in [-0.39, 0.29) is 31.4 Å². The molecule has 5 heteroatoms. The summed E-state index contributed by atoms with van der Waals surface area (Å²) in [5.41, 5.74) is 0. The summed E-state index contributed by atoms with van der Waals surface area (Å²) in [7, 11) is 3.40. The largest absolute Gasteiger partial charge is 0.348 e. The molecule has 0 aliphatic rings. The summed E-state index contributed by atoms with van der Waals surface area (Å²) >= 11 is 0. The molecule has 96 valence electrons. The molecule has 0 atom stereocenters. The number of likely N-dealkylation sites (N-methyl/N-ethyl adjacent to an activating group) is 1. The maximum atomic E-state index is 11.5. The minimum atomic E-state index is -0.150. The average Bonchev–Trinajstić information content (AvgIpc) is 2.26. The molecule has 0 saturated carbocycles. The van der Waals surface area contributed by atoms with Gasteiger partial charge in [-0.2, -0.15) is 0 Å². The van der Waals surface area contributed by atoms with Crippen LogP contribution in [0.5, 0.6) is 0 Å². The summed E-state index contributed by atoms with van der Waals surface area (Å²) in [6, 6.07) is 0. The number of rotatable bonds is 7. The maximum absolute atomic E-state index is 11.5. The van der Waals surface area contributed by atoms with Crippen LogP contribution in [0.1, 0.15) is 13.3 Å². The van der Waals surface area contributed by atoms with Gasteiger partial charge in [0.1, 0.15) is 0 Å². The monoisotopic (exact) mass is 239 g/mol. The number of carbonyl (C=O) groups excluding carboxylic acids is 2. The Balaban J connectivity index is 4.19. The first kappa shape index (κ1) is 15.5. The molecule has 0 fully saturated rings. The number of carbonyl (C=O) groups is 2. The normalized spacial score (nSPS) is 9.82. The third kappa shape index (κ3) is 7.36. The number of terminal acetylenes is 1. The third-order valence-electron chi connectivity index (χ3n) is 2.15. The zero-order chi connectivity index (χ0) is 13.3. The van der Waals surface area contributed by atoms with Gasteiger partial charge in [0.2, 0.25) is 11.8 Å². The lowest BCUT2D eigenvalue weighted by molar-refractivity contribution is -0.130. The van der Waals surface area contributed by atoms with Crippen molar-refractivity contribution in [3.63, 3.8) is 0 Å². The van der Waals surface area contributed by atoms with E-state index in [4.69, 9.17) is 6.42 Å². The van der Waals surface area contributed by atoms with E-state index in [1.165, 1.54) is 4.90 Å². The number of hydrogen-bond acceptors (Lipinski definition) is 3. The molecule has 0 spiro atoms. The Labute approximate surface area is 103 Å².